The predicted molar refractivity (Wildman–Crippen MR) is 88.4 cm³/mol. The highest BCUT2D eigenvalue weighted by Crippen LogP contribution is 2.07. The van der Waals surface area contributed by atoms with Crippen molar-refractivity contribution in [3.8, 4) is 5.75 Å². The van der Waals surface area contributed by atoms with Crippen molar-refractivity contribution in [1.82, 2.24) is 20.4 Å². The van der Waals surface area contributed by atoms with E-state index in [1.54, 1.807) is 6.92 Å². The van der Waals surface area contributed by atoms with Gasteiger partial charge in [-0.3, -0.25) is 0 Å². The number of aromatic nitrogens is 2. The molecule has 0 saturated heterocycles. The van der Waals surface area contributed by atoms with Crippen LogP contribution in [-0.2, 0) is 6.54 Å². The number of nitrogens with zero attached hydrogens (tertiary/aromatic N) is 4. The number of rotatable bonds is 7. The molecule has 1 aromatic heterocycles. The van der Waals surface area contributed by atoms with Gasteiger partial charge in [0.05, 0.1) is 6.54 Å². The zero-order valence-electron chi connectivity index (χ0n) is 13.8. The van der Waals surface area contributed by atoms with Crippen LogP contribution >= 0.6 is 0 Å². The number of hydrogen-bond donors (Lipinski definition) is 1. The molecule has 2 rings (SSSR count). The van der Waals surface area contributed by atoms with E-state index >= 15 is 0 Å². The number of likely N-dealkylation sites (N-methyl/N-ethyl adjacent to an activating group) is 1. The fourth-order valence-electron chi connectivity index (χ4n) is 1.94. The van der Waals surface area contributed by atoms with Crippen molar-refractivity contribution in [2.75, 3.05) is 26.7 Å². The molecule has 23 heavy (non-hydrogen) atoms. The van der Waals surface area contributed by atoms with Crippen LogP contribution in [0.2, 0.25) is 0 Å². The third kappa shape index (κ3) is 5.61. The first kappa shape index (κ1) is 16.8. The molecule has 0 fully saturated rings. The van der Waals surface area contributed by atoms with E-state index in [0.29, 0.717) is 31.4 Å². The Morgan fingerprint density at radius 1 is 1.35 bits per heavy atom. The lowest BCUT2D eigenvalue weighted by molar-refractivity contribution is 0.281. The molecule has 0 aliphatic carbocycles. The molecular weight excluding hydrogens is 294 g/mol. The van der Waals surface area contributed by atoms with Crippen LogP contribution in [0.5, 0.6) is 5.75 Å². The molecule has 7 nitrogen and oxygen atoms in total. The minimum Gasteiger partial charge on any atom is -0.492 e. The van der Waals surface area contributed by atoms with Crippen molar-refractivity contribution in [1.29, 1.82) is 0 Å². The van der Waals surface area contributed by atoms with E-state index in [9.17, 15) is 0 Å². The Bertz CT molecular complexity index is 612. The monoisotopic (exact) mass is 317 g/mol. The quantitative estimate of drug-likeness (QED) is 0.620. The molecule has 0 atom stereocenters. The second kappa shape index (κ2) is 8.77. The molecule has 0 bridgehead atoms. The maximum absolute atomic E-state index is 5.71. The molecule has 0 radical (unpaired) electrons. The largest absolute Gasteiger partial charge is 0.492 e. The molecule has 124 valence electrons. The molecule has 0 aliphatic rings. The van der Waals surface area contributed by atoms with Gasteiger partial charge in [0.15, 0.2) is 11.8 Å². The van der Waals surface area contributed by atoms with Crippen molar-refractivity contribution in [3.05, 3.63) is 42.0 Å². The minimum atomic E-state index is 0.379. The molecular formula is C16H23N5O2. The van der Waals surface area contributed by atoms with Crippen LogP contribution < -0.4 is 10.1 Å². The lowest BCUT2D eigenvalue weighted by Gasteiger charge is -2.21. The summed E-state index contributed by atoms with van der Waals surface area (Å²) in [6.45, 7) is 6.25. The van der Waals surface area contributed by atoms with Crippen LogP contribution in [0.4, 0.5) is 0 Å². The summed E-state index contributed by atoms with van der Waals surface area (Å²) in [7, 11) is 1.97. The summed E-state index contributed by atoms with van der Waals surface area (Å²) >= 11 is 0. The van der Waals surface area contributed by atoms with Crippen LogP contribution in [0, 0.1) is 6.92 Å². The Kier molecular flexibility index (Phi) is 6.40. The summed E-state index contributed by atoms with van der Waals surface area (Å²) < 4.78 is 10.7. The summed E-state index contributed by atoms with van der Waals surface area (Å²) in [6, 6.07) is 9.76. The van der Waals surface area contributed by atoms with Crippen LogP contribution in [-0.4, -0.2) is 47.7 Å². The number of nitrogens with one attached hydrogen (secondary N) is 1. The van der Waals surface area contributed by atoms with Gasteiger partial charge in [-0.05, 0) is 19.1 Å². The molecule has 2 aromatic rings. The fourth-order valence-corrected chi connectivity index (χ4v) is 1.94. The second-order valence-electron chi connectivity index (χ2n) is 4.98. The highest BCUT2D eigenvalue weighted by Gasteiger charge is 2.07. The number of benzene rings is 1. The number of hydrogen-bond acceptors (Lipinski definition) is 5. The molecule has 0 aliphatic heterocycles. The van der Waals surface area contributed by atoms with Crippen molar-refractivity contribution < 1.29 is 9.26 Å². The molecule has 1 aromatic carbocycles. The average Bonchev–Trinajstić information content (AvgIpc) is 2.98. The van der Waals surface area contributed by atoms with Crippen molar-refractivity contribution in [2.45, 2.75) is 20.4 Å². The maximum atomic E-state index is 5.71. The fraction of sp³-hybridized carbons (Fsp3) is 0.438. The van der Waals surface area contributed by atoms with E-state index < -0.39 is 0 Å². The third-order valence-electron chi connectivity index (χ3n) is 3.07. The Balaban J connectivity index is 1.85. The number of para-hydroxylation sites is 1. The van der Waals surface area contributed by atoms with Gasteiger partial charge in [0.25, 0.3) is 0 Å². The second-order valence-corrected chi connectivity index (χ2v) is 4.98. The first-order valence-electron chi connectivity index (χ1n) is 7.65. The van der Waals surface area contributed by atoms with Crippen LogP contribution in [0.3, 0.4) is 0 Å². The predicted octanol–water partition coefficient (Wildman–Crippen LogP) is 1.85. The normalized spacial score (nSPS) is 11.3. The third-order valence-corrected chi connectivity index (χ3v) is 3.07. The Hall–Kier alpha value is -2.57. The summed E-state index contributed by atoms with van der Waals surface area (Å²) in [4.78, 5) is 10.7. The lowest BCUT2D eigenvalue weighted by Crippen LogP contribution is -2.40. The van der Waals surface area contributed by atoms with Gasteiger partial charge < -0.3 is 19.5 Å². The topological polar surface area (TPSA) is 75.8 Å². The number of guanidine groups is 1. The van der Waals surface area contributed by atoms with Crippen LogP contribution in [0.1, 0.15) is 18.6 Å². The molecule has 0 spiro atoms. The van der Waals surface area contributed by atoms with E-state index in [0.717, 1.165) is 18.3 Å². The number of ether oxygens (including phenoxy) is 1. The summed E-state index contributed by atoms with van der Waals surface area (Å²) in [5, 5.41) is 7.09. The van der Waals surface area contributed by atoms with Gasteiger partial charge in [-0.1, -0.05) is 23.4 Å². The Morgan fingerprint density at radius 2 is 2.13 bits per heavy atom. The van der Waals surface area contributed by atoms with Gasteiger partial charge in [-0.2, -0.15) is 4.98 Å². The van der Waals surface area contributed by atoms with Crippen molar-refractivity contribution in [3.63, 3.8) is 0 Å². The van der Waals surface area contributed by atoms with Gasteiger partial charge in [-0.25, -0.2) is 4.99 Å². The maximum Gasteiger partial charge on any atom is 0.223 e. The zero-order valence-corrected chi connectivity index (χ0v) is 13.8. The highest BCUT2D eigenvalue weighted by atomic mass is 16.5. The van der Waals surface area contributed by atoms with Crippen molar-refractivity contribution in [2.24, 2.45) is 4.99 Å². The van der Waals surface area contributed by atoms with Gasteiger partial charge in [0.1, 0.15) is 18.9 Å². The first-order valence-corrected chi connectivity index (χ1v) is 7.65. The molecule has 1 N–H and O–H groups in total. The van der Waals surface area contributed by atoms with E-state index in [4.69, 9.17) is 9.26 Å². The average molecular weight is 317 g/mol. The summed E-state index contributed by atoms with van der Waals surface area (Å²) in [5.41, 5.74) is 0. The number of aliphatic imine (C=N–C) groups is 1. The van der Waals surface area contributed by atoms with Crippen molar-refractivity contribution >= 4 is 5.96 Å². The van der Waals surface area contributed by atoms with Gasteiger partial charge in [0, 0.05) is 20.5 Å². The molecule has 0 amide bonds. The smallest absolute Gasteiger partial charge is 0.223 e. The Morgan fingerprint density at radius 3 is 2.78 bits per heavy atom. The van der Waals surface area contributed by atoms with Gasteiger partial charge in [0.2, 0.25) is 5.89 Å². The van der Waals surface area contributed by atoms with Gasteiger partial charge in [-0.15, -0.1) is 0 Å². The van der Waals surface area contributed by atoms with E-state index in [2.05, 4.69) is 20.4 Å². The molecule has 0 unspecified atom stereocenters. The molecule has 7 heteroatoms. The van der Waals surface area contributed by atoms with Crippen LogP contribution in [0.25, 0.3) is 0 Å². The van der Waals surface area contributed by atoms with Gasteiger partial charge >= 0.3 is 0 Å². The number of aryl methyl sites for hydroxylation is 1. The zero-order chi connectivity index (χ0) is 16.5. The standard InChI is InChI=1S/C16H23N5O2/c1-4-17-16(18-12-15-19-13(2)23-20-15)21(3)10-11-22-14-8-6-5-7-9-14/h5-9H,4,10-12H2,1-3H3,(H,17,18). The van der Waals surface area contributed by atoms with Crippen LogP contribution in [0.15, 0.2) is 39.8 Å². The summed E-state index contributed by atoms with van der Waals surface area (Å²) in [5.74, 6) is 2.77. The van der Waals surface area contributed by atoms with E-state index in [-0.39, 0.29) is 0 Å². The van der Waals surface area contributed by atoms with E-state index in [1.807, 2.05) is 49.2 Å². The molecule has 1 heterocycles. The summed E-state index contributed by atoms with van der Waals surface area (Å²) in [6.07, 6.45) is 0. The van der Waals surface area contributed by atoms with E-state index in [1.165, 1.54) is 0 Å². The Labute approximate surface area is 136 Å². The molecule has 0 saturated carbocycles. The first-order chi connectivity index (χ1) is 11.2. The SMILES string of the molecule is CCNC(=NCc1noc(C)n1)N(C)CCOc1ccccc1. The minimum absolute atomic E-state index is 0.379. The lowest BCUT2D eigenvalue weighted by atomic mass is 10.3. The highest BCUT2D eigenvalue weighted by molar-refractivity contribution is 5.79.